The van der Waals surface area contributed by atoms with Gasteiger partial charge in [0.05, 0.1) is 13.2 Å². The summed E-state index contributed by atoms with van der Waals surface area (Å²) in [7, 11) is 1.57. The van der Waals surface area contributed by atoms with Gasteiger partial charge in [-0.3, -0.25) is 0 Å². The zero-order valence-corrected chi connectivity index (χ0v) is 10.4. The molecule has 0 bridgehead atoms. The number of rotatable bonds is 5. The maximum absolute atomic E-state index is 10.0. The van der Waals surface area contributed by atoms with E-state index < -0.39 is 6.10 Å². The molecule has 1 aromatic carbocycles. The molecule has 2 nitrogen and oxygen atoms in total. The summed E-state index contributed by atoms with van der Waals surface area (Å²) in [6.07, 6.45) is 0.907. The van der Waals surface area contributed by atoms with Crippen molar-refractivity contribution >= 4 is 11.6 Å². The summed E-state index contributed by atoms with van der Waals surface area (Å²) in [6.45, 7) is 5.76. The monoisotopic (exact) mass is 240 g/mol. The Morgan fingerprint density at radius 1 is 1.56 bits per heavy atom. The van der Waals surface area contributed by atoms with Crippen LogP contribution in [-0.2, 0) is 0 Å². The number of hydrogen-bond donors (Lipinski definition) is 1. The Labute approximate surface area is 102 Å². The summed E-state index contributed by atoms with van der Waals surface area (Å²) in [5.41, 5.74) is 1.83. The number of methoxy groups -OCH3 is 1. The largest absolute Gasteiger partial charge is 0.496 e. The Morgan fingerprint density at radius 2 is 2.25 bits per heavy atom. The summed E-state index contributed by atoms with van der Waals surface area (Å²) < 4.78 is 5.19. The van der Waals surface area contributed by atoms with Gasteiger partial charge in [0.25, 0.3) is 0 Å². The predicted octanol–water partition coefficient (Wildman–Crippen LogP) is 3.74. The second-order valence-electron chi connectivity index (χ2n) is 3.90. The lowest BCUT2D eigenvalue weighted by Gasteiger charge is -2.15. The van der Waals surface area contributed by atoms with E-state index in [-0.39, 0.29) is 0 Å². The molecule has 1 atom stereocenters. The van der Waals surface area contributed by atoms with Gasteiger partial charge in [0.2, 0.25) is 0 Å². The zero-order valence-electron chi connectivity index (χ0n) is 9.66. The molecule has 0 saturated heterocycles. The van der Waals surface area contributed by atoms with Crippen LogP contribution in [0.15, 0.2) is 30.4 Å². The van der Waals surface area contributed by atoms with Gasteiger partial charge in [0, 0.05) is 10.6 Å². The third-order valence-corrected chi connectivity index (χ3v) is 2.63. The van der Waals surface area contributed by atoms with Gasteiger partial charge in [-0.25, -0.2) is 0 Å². The van der Waals surface area contributed by atoms with Crippen molar-refractivity contribution in [3.05, 3.63) is 40.9 Å². The molecule has 1 N–H and O–H groups in total. The van der Waals surface area contributed by atoms with Gasteiger partial charge in [-0.2, -0.15) is 0 Å². The minimum Gasteiger partial charge on any atom is -0.496 e. The second-order valence-corrected chi connectivity index (χ2v) is 4.33. The van der Waals surface area contributed by atoms with Gasteiger partial charge < -0.3 is 9.84 Å². The van der Waals surface area contributed by atoms with Crippen molar-refractivity contribution in [3.63, 3.8) is 0 Å². The number of halogens is 1. The fourth-order valence-corrected chi connectivity index (χ4v) is 1.66. The Balaban J connectivity index is 2.81. The van der Waals surface area contributed by atoms with E-state index >= 15 is 0 Å². The van der Waals surface area contributed by atoms with E-state index in [0.717, 1.165) is 17.6 Å². The molecule has 1 unspecified atom stereocenters. The Bertz CT molecular complexity index is 374. The van der Waals surface area contributed by atoms with Crippen LogP contribution in [0.3, 0.4) is 0 Å². The molecule has 3 heteroatoms. The van der Waals surface area contributed by atoms with Gasteiger partial charge in [-0.05, 0) is 31.9 Å². The first-order valence-electron chi connectivity index (χ1n) is 5.20. The average molecular weight is 241 g/mol. The van der Waals surface area contributed by atoms with Crippen LogP contribution in [0.4, 0.5) is 0 Å². The Morgan fingerprint density at radius 3 is 2.81 bits per heavy atom. The Kier molecular flexibility index (Phi) is 4.84. The van der Waals surface area contributed by atoms with Crippen molar-refractivity contribution in [2.24, 2.45) is 0 Å². The van der Waals surface area contributed by atoms with Gasteiger partial charge in [-0.15, -0.1) is 6.58 Å². The summed E-state index contributed by atoms with van der Waals surface area (Å²) >= 11 is 5.85. The lowest BCUT2D eigenvalue weighted by Crippen LogP contribution is -2.00. The number of benzene rings is 1. The van der Waals surface area contributed by atoms with Crippen molar-refractivity contribution in [2.45, 2.75) is 25.9 Å². The molecule has 1 aromatic rings. The van der Waals surface area contributed by atoms with Crippen LogP contribution in [0.25, 0.3) is 0 Å². The number of aliphatic hydroxyl groups is 1. The highest BCUT2D eigenvalue weighted by Crippen LogP contribution is 2.31. The molecule has 0 radical (unpaired) electrons. The molecule has 0 saturated carbocycles. The number of allylic oxidation sites excluding steroid dienone is 1. The molecule has 88 valence electrons. The van der Waals surface area contributed by atoms with Crippen LogP contribution in [0.5, 0.6) is 5.75 Å². The zero-order chi connectivity index (χ0) is 12.1. The normalized spacial score (nSPS) is 12.2. The first-order chi connectivity index (χ1) is 7.54. The van der Waals surface area contributed by atoms with E-state index in [0.29, 0.717) is 17.2 Å². The standard InChI is InChI=1S/C13H17ClO2/c1-9(2)4-7-12(15)11-6-5-10(14)8-13(11)16-3/h5-6,8,12,15H,1,4,7H2,2-3H3. The molecule has 0 aliphatic heterocycles. The topological polar surface area (TPSA) is 29.5 Å². The first-order valence-corrected chi connectivity index (χ1v) is 5.58. The number of hydrogen-bond acceptors (Lipinski definition) is 2. The van der Waals surface area contributed by atoms with E-state index in [4.69, 9.17) is 16.3 Å². The van der Waals surface area contributed by atoms with Gasteiger partial charge in [0.1, 0.15) is 5.75 Å². The molecule has 0 amide bonds. The van der Waals surface area contributed by atoms with Gasteiger partial charge in [0.15, 0.2) is 0 Å². The third-order valence-electron chi connectivity index (χ3n) is 2.40. The SMILES string of the molecule is C=C(C)CCC(O)c1ccc(Cl)cc1OC. The first kappa shape index (κ1) is 13.1. The van der Waals surface area contributed by atoms with Crippen LogP contribution in [0.2, 0.25) is 5.02 Å². The predicted molar refractivity (Wildman–Crippen MR) is 67.0 cm³/mol. The maximum atomic E-state index is 10.0. The maximum Gasteiger partial charge on any atom is 0.126 e. The summed E-state index contributed by atoms with van der Waals surface area (Å²) in [4.78, 5) is 0. The van der Waals surface area contributed by atoms with Crippen LogP contribution in [-0.4, -0.2) is 12.2 Å². The minimum absolute atomic E-state index is 0.538. The van der Waals surface area contributed by atoms with Crippen molar-refractivity contribution in [1.82, 2.24) is 0 Å². The van der Waals surface area contributed by atoms with Gasteiger partial charge in [-0.1, -0.05) is 23.2 Å². The van der Waals surface area contributed by atoms with Crippen molar-refractivity contribution in [3.8, 4) is 5.75 Å². The number of ether oxygens (including phenoxy) is 1. The molecular formula is C13H17ClO2. The summed E-state index contributed by atoms with van der Waals surface area (Å²) in [5, 5.41) is 10.6. The minimum atomic E-state index is -0.538. The molecule has 0 fully saturated rings. The van der Waals surface area contributed by atoms with E-state index in [1.165, 1.54) is 0 Å². The molecule has 16 heavy (non-hydrogen) atoms. The van der Waals surface area contributed by atoms with E-state index in [9.17, 15) is 5.11 Å². The highest BCUT2D eigenvalue weighted by atomic mass is 35.5. The molecule has 0 aliphatic rings. The van der Waals surface area contributed by atoms with Crippen molar-refractivity contribution in [1.29, 1.82) is 0 Å². The van der Waals surface area contributed by atoms with E-state index in [1.807, 2.05) is 6.92 Å². The fraction of sp³-hybridized carbons (Fsp3) is 0.385. The highest BCUT2D eigenvalue weighted by Gasteiger charge is 2.13. The lowest BCUT2D eigenvalue weighted by molar-refractivity contribution is 0.163. The van der Waals surface area contributed by atoms with Crippen molar-refractivity contribution < 1.29 is 9.84 Å². The smallest absolute Gasteiger partial charge is 0.126 e. The highest BCUT2D eigenvalue weighted by molar-refractivity contribution is 6.30. The third kappa shape index (κ3) is 3.54. The van der Waals surface area contributed by atoms with Crippen LogP contribution in [0, 0.1) is 0 Å². The molecule has 0 spiro atoms. The van der Waals surface area contributed by atoms with Crippen LogP contribution >= 0.6 is 11.6 Å². The summed E-state index contributed by atoms with van der Waals surface area (Å²) in [6, 6.07) is 5.26. The van der Waals surface area contributed by atoms with Gasteiger partial charge >= 0.3 is 0 Å². The molecular weight excluding hydrogens is 224 g/mol. The fourth-order valence-electron chi connectivity index (χ4n) is 1.50. The summed E-state index contributed by atoms with van der Waals surface area (Å²) in [5.74, 6) is 0.627. The van der Waals surface area contributed by atoms with E-state index in [1.54, 1.807) is 25.3 Å². The molecule has 0 aromatic heterocycles. The number of aliphatic hydroxyl groups excluding tert-OH is 1. The van der Waals surface area contributed by atoms with Crippen molar-refractivity contribution in [2.75, 3.05) is 7.11 Å². The van der Waals surface area contributed by atoms with E-state index in [2.05, 4.69) is 6.58 Å². The lowest BCUT2D eigenvalue weighted by atomic mass is 10.0. The average Bonchev–Trinajstić information content (AvgIpc) is 2.25. The van der Waals surface area contributed by atoms with Crippen LogP contribution < -0.4 is 4.74 Å². The second kappa shape index (κ2) is 5.92. The molecule has 0 aliphatic carbocycles. The quantitative estimate of drug-likeness (QED) is 0.795. The molecule has 1 rings (SSSR count). The van der Waals surface area contributed by atoms with Crippen LogP contribution in [0.1, 0.15) is 31.4 Å². The molecule has 0 heterocycles. The Hall–Kier alpha value is -0.990.